The molecule has 0 saturated carbocycles. The Morgan fingerprint density at radius 1 is 1.26 bits per heavy atom. The van der Waals surface area contributed by atoms with Gasteiger partial charge in [-0.1, -0.05) is 12.1 Å². The number of aryl methyl sites for hydroxylation is 1. The molecule has 0 amide bonds. The fourth-order valence-electron chi connectivity index (χ4n) is 2.41. The van der Waals surface area contributed by atoms with Crippen LogP contribution in [0.25, 0.3) is 0 Å². The maximum Gasteiger partial charge on any atom is 0.122 e. The predicted molar refractivity (Wildman–Crippen MR) is 74.3 cm³/mol. The molecule has 0 bridgehead atoms. The summed E-state index contributed by atoms with van der Waals surface area (Å²) in [7, 11) is 0. The third-order valence-electron chi connectivity index (χ3n) is 3.55. The Balaban J connectivity index is 1.63. The van der Waals surface area contributed by atoms with Crippen molar-refractivity contribution in [2.24, 2.45) is 0 Å². The topological polar surface area (TPSA) is 34.4 Å². The molecule has 3 rings (SSSR count). The summed E-state index contributed by atoms with van der Waals surface area (Å²) in [5, 5.41) is 3.49. The second-order valence-corrected chi connectivity index (χ2v) is 5.09. The van der Waals surface area contributed by atoms with Crippen molar-refractivity contribution in [3.63, 3.8) is 0 Å². The first-order valence-electron chi connectivity index (χ1n) is 6.77. The Morgan fingerprint density at radius 3 is 2.95 bits per heavy atom. The second kappa shape index (κ2) is 5.10. The lowest BCUT2D eigenvalue weighted by atomic mass is 10.1. The zero-order valence-electron chi connectivity index (χ0n) is 11.4. The van der Waals surface area contributed by atoms with Gasteiger partial charge in [0.05, 0.1) is 12.6 Å². The van der Waals surface area contributed by atoms with Crippen LogP contribution in [0.3, 0.4) is 0 Å². The molecule has 1 aliphatic rings. The molecule has 1 aliphatic heterocycles. The monoisotopic (exact) mass is 257 g/mol. The minimum atomic E-state index is 0.221. The van der Waals surface area contributed by atoms with Gasteiger partial charge in [-0.15, -0.1) is 0 Å². The standard InChI is InChI=1S/C16H19NO2/c1-11-3-5-15(19-11)12(2)17-10-13-4-6-16-14(9-13)7-8-18-16/h3-6,9,12,17H,7-8,10H2,1-2H3. The van der Waals surface area contributed by atoms with Gasteiger partial charge in [0.2, 0.25) is 0 Å². The van der Waals surface area contributed by atoms with Crippen LogP contribution in [0.2, 0.25) is 0 Å². The van der Waals surface area contributed by atoms with Crippen molar-refractivity contribution < 1.29 is 9.15 Å². The van der Waals surface area contributed by atoms with Crippen LogP contribution in [0, 0.1) is 6.92 Å². The number of benzene rings is 1. The number of fused-ring (bicyclic) bond motifs is 1. The van der Waals surface area contributed by atoms with Gasteiger partial charge in [-0.3, -0.25) is 0 Å². The van der Waals surface area contributed by atoms with Gasteiger partial charge in [0, 0.05) is 13.0 Å². The minimum absolute atomic E-state index is 0.221. The number of rotatable bonds is 4. The largest absolute Gasteiger partial charge is 0.493 e. The molecule has 0 spiro atoms. The van der Waals surface area contributed by atoms with Crippen LogP contribution in [0.1, 0.15) is 35.6 Å². The maximum absolute atomic E-state index is 5.63. The van der Waals surface area contributed by atoms with Crippen LogP contribution in [0.5, 0.6) is 5.75 Å². The van der Waals surface area contributed by atoms with E-state index < -0.39 is 0 Å². The first-order chi connectivity index (χ1) is 9.22. The number of furan rings is 1. The van der Waals surface area contributed by atoms with E-state index in [0.717, 1.165) is 36.8 Å². The predicted octanol–water partition coefficient (Wildman–Crippen LogP) is 3.37. The highest BCUT2D eigenvalue weighted by Gasteiger charge is 2.13. The maximum atomic E-state index is 5.63. The van der Waals surface area contributed by atoms with Crippen LogP contribution in [-0.2, 0) is 13.0 Å². The molecule has 19 heavy (non-hydrogen) atoms. The third-order valence-corrected chi connectivity index (χ3v) is 3.55. The zero-order chi connectivity index (χ0) is 13.2. The van der Waals surface area contributed by atoms with Gasteiger partial charge in [0.1, 0.15) is 17.3 Å². The Hall–Kier alpha value is -1.74. The molecule has 1 aromatic heterocycles. The van der Waals surface area contributed by atoms with Crippen molar-refractivity contribution in [1.82, 2.24) is 5.32 Å². The second-order valence-electron chi connectivity index (χ2n) is 5.09. The quantitative estimate of drug-likeness (QED) is 0.911. The molecule has 1 atom stereocenters. The Labute approximate surface area is 113 Å². The lowest BCUT2D eigenvalue weighted by Crippen LogP contribution is -2.17. The van der Waals surface area contributed by atoms with Gasteiger partial charge in [0.25, 0.3) is 0 Å². The number of nitrogens with one attached hydrogen (secondary N) is 1. The van der Waals surface area contributed by atoms with Gasteiger partial charge in [-0.2, -0.15) is 0 Å². The van der Waals surface area contributed by atoms with E-state index >= 15 is 0 Å². The summed E-state index contributed by atoms with van der Waals surface area (Å²) in [6, 6.07) is 10.7. The average Bonchev–Trinajstić information content (AvgIpc) is 3.03. The van der Waals surface area contributed by atoms with Crippen molar-refractivity contribution in [3.8, 4) is 5.75 Å². The zero-order valence-corrected chi connectivity index (χ0v) is 11.4. The van der Waals surface area contributed by atoms with Crippen LogP contribution in [0.4, 0.5) is 0 Å². The van der Waals surface area contributed by atoms with E-state index in [4.69, 9.17) is 9.15 Å². The van der Waals surface area contributed by atoms with Crippen LogP contribution >= 0.6 is 0 Å². The Kier molecular flexibility index (Phi) is 3.30. The highest BCUT2D eigenvalue weighted by molar-refractivity contribution is 5.39. The molecule has 0 aliphatic carbocycles. The fourth-order valence-corrected chi connectivity index (χ4v) is 2.41. The number of ether oxygens (including phenoxy) is 1. The molecule has 0 fully saturated rings. The van der Waals surface area contributed by atoms with Crippen LogP contribution in [-0.4, -0.2) is 6.61 Å². The van der Waals surface area contributed by atoms with Crippen LogP contribution < -0.4 is 10.1 Å². The van der Waals surface area contributed by atoms with E-state index in [-0.39, 0.29) is 6.04 Å². The van der Waals surface area contributed by atoms with E-state index in [1.165, 1.54) is 11.1 Å². The summed E-state index contributed by atoms with van der Waals surface area (Å²) in [6.45, 7) is 5.74. The van der Waals surface area contributed by atoms with E-state index in [2.05, 4.69) is 30.4 Å². The van der Waals surface area contributed by atoms with Gasteiger partial charge < -0.3 is 14.5 Å². The molecule has 0 radical (unpaired) electrons. The number of hydrogen-bond acceptors (Lipinski definition) is 3. The fraction of sp³-hybridized carbons (Fsp3) is 0.375. The molecule has 1 unspecified atom stereocenters. The molecule has 2 aromatic rings. The van der Waals surface area contributed by atoms with Gasteiger partial charge in [-0.05, 0) is 43.2 Å². The Bertz CT molecular complexity index is 574. The molecular weight excluding hydrogens is 238 g/mol. The summed E-state index contributed by atoms with van der Waals surface area (Å²) >= 11 is 0. The average molecular weight is 257 g/mol. The van der Waals surface area contributed by atoms with Crippen molar-refractivity contribution in [2.75, 3.05) is 6.61 Å². The van der Waals surface area contributed by atoms with Crippen molar-refractivity contribution >= 4 is 0 Å². The molecule has 1 aromatic carbocycles. The molecule has 100 valence electrons. The normalized spacial score (nSPS) is 15.1. The molecular formula is C16H19NO2. The van der Waals surface area contributed by atoms with Gasteiger partial charge in [-0.25, -0.2) is 0 Å². The van der Waals surface area contributed by atoms with Crippen molar-refractivity contribution in [1.29, 1.82) is 0 Å². The van der Waals surface area contributed by atoms with E-state index in [9.17, 15) is 0 Å². The summed E-state index contributed by atoms with van der Waals surface area (Å²) in [5.74, 6) is 2.98. The number of hydrogen-bond donors (Lipinski definition) is 1. The van der Waals surface area contributed by atoms with Crippen molar-refractivity contribution in [3.05, 3.63) is 53.0 Å². The van der Waals surface area contributed by atoms with E-state index in [1.54, 1.807) is 0 Å². The Morgan fingerprint density at radius 2 is 2.16 bits per heavy atom. The molecule has 3 nitrogen and oxygen atoms in total. The van der Waals surface area contributed by atoms with Gasteiger partial charge in [0.15, 0.2) is 0 Å². The molecule has 0 saturated heterocycles. The summed E-state index contributed by atoms with van der Waals surface area (Å²) in [5.41, 5.74) is 2.61. The van der Waals surface area contributed by atoms with Crippen molar-refractivity contribution in [2.45, 2.75) is 32.9 Å². The van der Waals surface area contributed by atoms with E-state index in [1.807, 2.05) is 19.1 Å². The molecule has 1 N–H and O–H groups in total. The van der Waals surface area contributed by atoms with Crippen LogP contribution in [0.15, 0.2) is 34.7 Å². The molecule has 3 heteroatoms. The smallest absolute Gasteiger partial charge is 0.122 e. The highest BCUT2D eigenvalue weighted by atomic mass is 16.5. The lowest BCUT2D eigenvalue weighted by molar-refractivity contribution is 0.356. The molecule has 2 heterocycles. The van der Waals surface area contributed by atoms with E-state index in [0.29, 0.717) is 0 Å². The SMILES string of the molecule is Cc1ccc(C(C)NCc2ccc3c(c2)CCO3)o1. The summed E-state index contributed by atoms with van der Waals surface area (Å²) in [6.07, 6.45) is 1.02. The third kappa shape index (κ3) is 2.66. The minimum Gasteiger partial charge on any atom is -0.493 e. The highest BCUT2D eigenvalue weighted by Crippen LogP contribution is 2.26. The lowest BCUT2D eigenvalue weighted by Gasteiger charge is -2.12. The first-order valence-corrected chi connectivity index (χ1v) is 6.77. The van der Waals surface area contributed by atoms with Gasteiger partial charge >= 0.3 is 0 Å². The summed E-state index contributed by atoms with van der Waals surface area (Å²) in [4.78, 5) is 0. The first kappa shape index (κ1) is 12.3. The summed E-state index contributed by atoms with van der Waals surface area (Å²) < 4.78 is 11.1.